The minimum absolute atomic E-state index is 0.00704. The van der Waals surface area contributed by atoms with Gasteiger partial charge < -0.3 is 10.1 Å². The molecular weight excluding hydrogens is 383 g/mol. The van der Waals surface area contributed by atoms with Gasteiger partial charge in [0.15, 0.2) is 0 Å². The number of methoxy groups -OCH3 is 1. The van der Waals surface area contributed by atoms with E-state index in [2.05, 4.69) is 5.32 Å². The molecule has 0 spiro atoms. The fraction of sp³-hybridized carbons (Fsp3) is 0.350. The first-order valence-corrected chi connectivity index (χ1v) is 10.4. The summed E-state index contributed by atoms with van der Waals surface area (Å²) < 4.78 is 45.6. The molecule has 0 aliphatic carbocycles. The molecular formula is C20H25FN2O4S. The first kappa shape index (κ1) is 21.7. The van der Waals surface area contributed by atoms with Crippen molar-refractivity contribution in [1.29, 1.82) is 0 Å². The van der Waals surface area contributed by atoms with Gasteiger partial charge in [0.25, 0.3) is 10.0 Å². The second-order valence-electron chi connectivity index (χ2n) is 6.70. The van der Waals surface area contributed by atoms with Gasteiger partial charge in [-0.3, -0.25) is 9.10 Å². The molecule has 1 amide bonds. The third kappa shape index (κ3) is 5.69. The molecule has 0 aliphatic heterocycles. The monoisotopic (exact) mass is 408 g/mol. The molecule has 2 rings (SSSR count). The third-order valence-corrected chi connectivity index (χ3v) is 5.88. The first-order valence-electron chi connectivity index (χ1n) is 8.93. The number of sulfonamides is 1. The maximum absolute atomic E-state index is 13.3. The number of ether oxygens (including phenoxy) is 1. The van der Waals surface area contributed by atoms with Crippen LogP contribution in [0.15, 0.2) is 53.4 Å². The molecule has 0 bridgehead atoms. The van der Waals surface area contributed by atoms with Crippen LogP contribution in [0.25, 0.3) is 0 Å². The molecule has 0 saturated carbocycles. The average Bonchev–Trinajstić information content (AvgIpc) is 2.66. The quantitative estimate of drug-likeness (QED) is 0.691. The average molecular weight is 408 g/mol. The highest BCUT2D eigenvalue weighted by molar-refractivity contribution is 7.92. The predicted octanol–water partition coefficient (Wildman–Crippen LogP) is 3.19. The molecule has 6 nitrogen and oxygen atoms in total. The third-order valence-electron chi connectivity index (χ3n) is 4.09. The van der Waals surface area contributed by atoms with Crippen LogP contribution in [-0.2, 0) is 14.8 Å². The van der Waals surface area contributed by atoms with Crippen LogP contribution in [0.5, 0.6) is 5.75 Å². The number of anilines is 1. The lowest BCUT2D eigenvalue weighted by Crippen LogP contribution is -2.41. The summed E-state index contributed by atoms with van der Waals surface area (Å²) in [4.78, 5) is 12.3. The predicted molar refractivity (Wildman–Crippen MR) is 106 cm³/mol. The second-order valence-corrected chi connectivity index (χ2v) is 8.56. The lowest BCUT2D eigenvalue weighted by atomic mass is 10.1. The number of amides is 1. The molecule has 0 fully saturated rings. The van der Waals surface area contributed by atoms with E-state index in [0.717, 1.165) is 22.9 Å². The van der Waals surface area contributed by atoms with Crippen molar-refractivity contribution in [1.82, 2.24) is 5.32 Å². The van der Waals surface area contributed by atoms with Gasteiger partial charge in [-0.1, -0.05) is 13.8 Å². The Morgan fingerprint density at radius 2 is 1.71 bits per heavy atom. The van der Waals surface area contributed by atoms with Crippen LogP contribution in [0, 0.1) is 11.7 Å². The highest BCUT2D eigenvalue weighted by Gasteiger charge is 2.27. The summed E-state index contributed by atoms with van der Waals surface area (Å²) in [5, 5.41) is 2.73. The maximum atomic E-state index is 13.3. The van der Waals surface area contributed by atoms with Gasteiger partial charge in [-0.2, -0.15) is 0 Å². The summed E-state index contributed by atoms with van der Waals surface area (Å²) in [5.74, 6) is 0.00392. The van der Waals surface area contributed by atoms with Crippen LogP contribution >= 0.6 is 0 Å². The van der Waals surface area contributed by atoms with Crippen molar-refractivity contribution in [2.45, 2.75) is 25.2 Å². The Hall–Kier alpha value is -2.61. The molecule has 0 saturated heterocycles. The number of nitrogens with one attached hydrogen (secondary N) is 1. The molecule has 0 aromatic heterocycles. The van der Waals surface area contributed by atoms with E-state index in [4.69, 9.17) is 4.74 Å². The Morgan fingerprint density at radius 3 is 2.25 bits per heavy atom. The zero-order chi connectivity index (χ0) is 20.7. The summed E-state index contributed by atoms with van der Waals surface area (Å²) in [6.45, 7) is 4.12. The van der Waals surface area contributed by atoms with Gasteiger partial charge in [-0.15, -0.1) is 0 Å². The Kier molecular flexibility index (Phi) is 7.39. The van der Waals surface area contributed by atoms with Gasteiger partial charge in [0, 0.05) is 6.54 Å². The van der Waals surface area contributed by atoms with Gasteiger partial charge in [-0.05, 0) is 60.9 Å². The van der Waals surface area contributed by atoms with Gasteiger partial charge in [0.1, 0.15) is 18.1 Å². The van der Waals surface area contributed by atoms with Gasteiger partial charge in [0.2, 0.25) is 5.91 Å². The normalized spacial score (nSPS) is 11.3. The topological polar surface area (TPSA) is 75.7 Å². The maximum Gasteiger partial charge on any atom is 0.264 e. The highest BCUT2D eigenvalue weighted by atomic mass is 32.2. The molecule has 0 radical (unpaired) electrons. The minimum Gasteiger partial charge on any atom is -0.497 e. The summed E-state index contributed by atoms with van der Waals surface area (Å²) in [6, 6.07) is 10.8. The van der Waals surface area contributed by atoms with E-state index >= 15 is 0 Å². The van der Waals surface area contributed by atoms with E-state index < -0.39 is 28.3 Å². The van der Waals surface area contributed by atoms with Gasteiger partial charge in [-0.25, -0.2) is 12.8 Å². The van der Waals surface area contributed by atoms with Crippen molar-refractivity contribution in [2.24, 2.45) is 5.92 Å². The van der Waals surface area contributed by atoms with Crippen LogP contribution in [0.2, 0.25) is 0 Å². The number of carbonyl (C=O) groups excluding carboxylic acids is 1. The molecule has 8 heteroatoms. The molecule has 1 N–H and O–H groups in total. The van der Waals surface area contributed by atoms with E-state index in [0.29, 0.717) is 18.2 Å². The molecule has 0 heterocycles. The lowest BCUT2D eigenvalue weighted by molar-refractivity contribution is -0.119. The van der Waals surface area contributed by atoms with Gasteiger partial charge >= 0.3 is 0 Å². The number of rotatable bonds is 9. The molecule has 0 atom stereocenters. The van der Waals surface area contributed by atoms with Crippen LogP contribution in [0.3, 0.4) is 0 Å². The fourth-order valence-electron chi connectivity index (χ4n) is 2.48. The molecule has 2 aromatic rings. The van der Waals surface area contributed by atoms with Crippen LogP contribution in [0.1, 0.15) is 20.3 Å². The summed E-state index contributed by atoms with van der Waals surface area (Å²) >= 11 is 0. The molecule has 0 unspecified atom stereocenters. The van der Waals surface area contributed by atoms with Crippen molar-refractivity contribution in [3.63, 3.8) is 0 Å². The molecule has 152 valence electrons. The zero-order valence-electron chi connectivity index (χ0n) is 16.2. The summed E-state index contributed by atoms with van der Waals surface area (Å²) in [6.07, 6.45) is 0.785. The molecule has 0 aliphatic rings. The largest absolute Gasteiger partial charge is 0.497 e. The van der Waals surface area contributed by atoms with E-state index in [1.807, 2.05) is 13.8 Å². The van der Waals surface area contributed by atoms with E-state index in [9.17, 15) is 17.6 Å². The van der Waals surface area contributed by atoms with E-state index in [1.54, 1.807) is 0 Å². The number of nitrogens with zero attached hydrogens (tertiary/aromatic N) is 1. The number of hydrogen-bond acceptors (Lipinski definition) is 4. The highest BCUT2D eigenvalue weighted by Crippen LogP contribution is 2.25. The standard InChI is InChI=1S/C20H25FN2O4S/c1-15(2)12-13-22-20(24)14-23(17-6-4-16(21)5-7-17)28(25,26)19-10-8-18(27-3)9-11-19/h4-11,15H,12-14H2,1-3H3,(H,22,24). The Morgan fingerprint density at radius 1 is 1.11 bits per heavy atom. The number of hydrogen-bond donors (Lipinski definition) is 1. The minimum atomic E-state index is -4.03. The summed E-state index contributed by atoms with van der Waals surface area (Å²) in [7, 11) is -2.55. The van der Waals surface area contributed by atoms with Crippen molar-refractivity contribution in [3.05, 3.63) is 54.3 Å². The van der Waals surface area contributed by atoms with Crippen LogP contribution < -0.4 is 14.4 Å². The number of benzene rings is 2. The van der Waals surface area contributed by atoms with E-state index in [-0.39, 0.29) is 10.6 Å². The Balaban J connectivity index is 2.31. The Bertz CT molecular complexity index is 881. The molecule has 28 heavy (non-hydrogen) atoms. The van der Waals surface area contributed by atoms with Crippen molar-refractivity contribution in [3.8, 4) is 5.75 Å². The first-order chi connectivity index (χ1) is 13.2. The van der Waals surface area contributed by atoms with Gasteiger partial charge in [0.05, 0.1) is 17.7 Å². The lowest BCUT2D eigenvalue weighted by Gasteiger charge is -2.24. The number of halogens is 1. The Labute approximate surface area is 165 Å². The summed E-state index contributed by atoms with van der Waals surface area (Å²) in [5.41, 5.74) is 0.205. The van der Waals surface area contributed by atoms with Crippen molar-refractivity contribution >= 4 is 21.6 Å². The molecule has 2 aromatic carbocycles. The smallest absolute Gasteiger partial charge is 0.264 e. The van der Waals surface area contributed by atoms with Crippen molar-refractivity contribution in [2.75, 3.05) is 24.5 Å². The fourth-order valence-corrected chi connectivity index (χ4v) is 3.90. The van der Waals surface area contributed by atoms with Crippen molar-refractivity contribution < 1.29 is 22.3 Å². The van der Waals surface area contributed by atoms with E-state index in [1.165, 1.54) is 43.5 Å². The van der Waals surface area contributed by atoms with Crippen LogP contribution in [-0.4, -0.2) is 34.5 Å². The SMILES string of the molecule is COc1ccc(S(=O)(=O)N(CC(=O)NCCC(C)C)c2ccc(F)cc2)cc1. The van der Waals surface area contributed by atoms with Crippen LogP contribution in [0.4, 0.5) is 10.1 Å². The zero-order valence-corrected chi connectivity index (χ0v) is 17.0. The number of carbonyl (C=O) groups is 1. The second kappa shape index (κ2) is 9.54.